The molecule has 184 valence electrons. The van der Waals surface area contributed by atoms with E-state index in [2.05, 4.69) is 4.98 Å². The van der Waals surface area contributed by atoms with Crippen molar-refractivity contribution in [2.24, 2.45) is 0 Å². The monoisotopic (exact) mass is 543 g/mol. The summed E-state index contributed by atoms with van der Waals surface area (Å²) < 4.78 is 43.8. The van der Waals surface area contributed by atoms with Gasteiger partial charge in [-0.25, -0.2) is 9.78 Å². The van der Waals surface area contributed by atoms with Crippen molar-refractivity contribution in [1.82, 2.24) is 4.98 Å². The number of halogens is 5. The average molecular weight is 544 g/mol. The maximum Gasteiger partial charge on any atom is 0.416 e. The van der Waals surface area contributed by atoms with Crippen LogP contribution in [0, 0.1) is 6.92 Å². The highest BCUT2D eigenvalue weighted by molar-refractivity contribution is 7.17. The van der Waals surface area contributed by atoms with Crippen LogP contribution in [0.5, 0.6) is 5.75 Å². The van der Waals surface area contributed by atoms with Crippen LogP contribution in [0.4, 0.5) is 13.2 Å². The first-order valence-corrected chi connectivity index (χ1v) is 11.6. The standard InChI is InChI=1S/C24H18Cl2F3NO4S/c1-12-20(35-21(30-12)14-4-8-15(9-5-14)24(27,28)29)16(31)10-6-13-7-11-17(19(26)18(13)25)34-23(2,3)22(32)33/h4-11H,1-3H3,(H,32,33)/b10-6+. The Labute approximate surface area is 212 Å². The summed E-state index contributed by atoms with van der Waals surface area (Å²) in [7, 11) is 0. The van der Waals surface area contributed by atoms with E-state index in [9.17, 15) is 27.9 Å². The number of allylic oxidation sites excluding steroid dienone is 1. The number of ether oxygens (including phenoxy) is 1. The number of carbonyl (C=O) groups excluding carboxylic acids is 1. The number of aliphatic carboxylic acids is 1. The van der Waals surface area contributed by atoms with Gasteiger partial charge < -0.3 is 9.84 Å². The second-order valence-corrected chi connectivity index (χ2v) is 9.66. The van der Waals surface area contributed by atoms with Gasteiger partial charge in [-0.05, 0) is 62.8 Å². The maximum absolute atomic E-state index is 12.8. The van der Waals surface area contributed by atoms with Gasteiger partial charge in [0.15, 0.2) is 11.4 Å². The van der Waals surface area contributed by atoms with Crippen LogP contribution in [0.3, 0.4) is 0 Å². The normalized spacial score (nSPS) is 12.2. The molecule has 1 heterocycles. The number of ketones is 1. The van der Waals surface area contributed by atoms with Crippen LogP contribution < -0.4 is 4.74 Å². The Balaban J connectivity index is 1.81. The smallest absolute Gasteiger partial charge is 0.416 e. The summed E-state index contributed by atoms with van der Waals surface area (Å²) in [4.78, 5) is 28.7. The van der Waals surface area contributed by atoms with Gasteiger partial charge in [-0.1, -0.05) is 35.3 Å². The fraction of sp³-hybridized carbons (Fsp3) is 0.208. The minimum absolute atomic E-state index is 0.00542. The summed E-state index contributed by atoms with van der Waals surface area (Å²) >= 11 is 13.6. The first-order chi connectivity index (χ1) is 16.2. The first-order valence-electron chi connectivity index (χ1n) is 9.98. The molecule has 1 aromatic heterocycles. The lowest BCUT2D eigenvalue weighted by Gasteiger charge is -2.22. The topological polar surface area (TPSA) is 76.5 Å². The molecule has 0 aliphatic carbocycles. The number of carboxylic acids is 1. The van der Waals surface area contributed by atoms with E-state index in [-0.39, 0.29) is 21.6 Å². The lowest BCUT2D eigenvalue weighted by Crippen LogP contribution is -2.37. The van der Waals surface area contributed by atoms with Crippen molar-refractivity contribution in [3.8, 4) is 16.3 Å². The SMILES string of the molecule is Cc1nc(-c2ccc(C(F)(F)F)cc2)sc1C(=O)/C=C/c1ccc(OC(C)(C)C(=O)O)c(Cl)c1Cl. The van der Waals surface area contributed by atoms with Crippen molar-refractivity contribution in [2.45, 2.75) is 32.5 Å². The number of alkyl halides is 3. The van der Waals surface area contributed by atoms with E-state index >= 15 is 0 Å². The predicted octanol–water partition coefficient (Wildman–Crippen LogP) is 7.58. The molecule has 1 N–H and O–H groups in total. The van der Waals surface area contributed by atoms with Gasteiger partial charge in [-0.15, -0.1) is 11.3 Å². The molecular formula is C24H18Cl2F3NO4S. The van der Waals surface area contributed by atoms with Crippen molar-refractivity contribution >= 4 is 52.4 Å². The predicted molar refractivity (Wildman–Crippen MR) is 129 cm³/mol. The Bertz CT molecular complexity index is 1320. The van der Waals surface area contributed by atoms with Crippen molar-refractivity contribution in [3.63, 3.8) is 0 Å². The molecule has 0 saturated heterocycles. The molecule has 0 saturated carbocycles. The summed E-state index contributed by atoms with van der Waals surface area (Å²) in [5.41, 5.74) is -1.01. The van der Waals surface area contributed by atoms with Crippen LogP contribution >= 0.6 is 34.5 Å². The maximum atomic E-state index is 12.8. The Morgan fingerprint density at radius 3 is 2.26 bits per heavy atom. The van der Waals surface area contributed by atoms with Crippen molar-refractivity contribution in [2.75, 3.05) is 0 Å². The number of carboxylic acid groups (broad SMARTS) is 1. The molecule has 0 aliphatic rings. The Morgan fingerprint density at radius 1 is 1.06 bits per heavy atom. The Kier molecular flexibility index (Phi) is 7.64. The summed E-state index contributed by atoms with van der Waals surface area (Å²) in [6.07, 6.45) is -1.72. The molecule has 0 radical (unpaired) electrons. The van der Waals surface area contributed by atoms with Gasteiger partial charge in [-0.3, -0.25) is 4.79 Å². The third-order valence-corrected chi connectivity index (χ3v) is 6.95. The zero-order valence-corrected chi connectivity index (χ0v) is 20.9. The van der Waals surface area contributed by atoms with Gasteiger partial charge in [0.05, 0.1) is 21.2 Å². The molecule has 0 spiro atoms. The molecule has 5 nitrogen and oxygen atoms in total. The molecule has 3 aromatic rings. The molecule has 0 fully saturated rings. The molecule has 0 amide bonds. The quantitative estimate of drug-likeness (QED) is 0.245. The highest BCUT2D eigenvalue weighted by atomic mass is 35.5. The van der Waals surface area contributed by atoms with E-state index in [0.29, 0.717) is 26.7 Å². The lowest BCUT2D eigenvalue weighted by molar-refractivity contribution is -0.152. The van der Waals surface area contributed by atoms with E-state index in [1.807, 2.05) is 0 Å². The largest absolute Gasteiger partial charge is 0.478 e. The number of thiazole rings is 1. The third kappa shape index (κ3) is 6.04. The second-order valence-electron chi connectivity index (χ2n) is 7.90. The molecule has 0 bridgehead atoms. The zero-order valence-electron chi connectivity index (χ0n) is 18.5. The number of benzene rings is 2. The van der Waals surface area contributed by atoms with Crippen LogP contribution in [-0.4, -0.2) is 27.4 Å². The van der Waals surface area contributed by atoms with E-state index in [4.69, 9.17) is 27.9 Å². The number of aromatic nitrogens is 1. The fourth-order valence-corrected chi connectivity index (χ4v) is 4.29. The summed E-state index contributed by atoms with van der Waals surface area (Å²) in [6.45, 7) is 4.36. The lowest BCUT2D eigenvalue weighted by atomic mass is 10.1. The summed E-state index contributed by atoms with van der Waals surface area (Å²) in [6, 6.07) is 7.51. The van der Waals surface area contributed by atoms with Crippen molar-refractivity contribution in [1.29, 1.82) is 0 Å². The Hall–Kier alpha value is -2.88. The number of rotatable bonds is 7. The van der Waals surface area contributed by atoms with E-state index in [1.165, 1.54) is 50.3 Å². The molecule has 0 atom stereocenters. The fourth-order valence-electron chi connectivity index (χ4n) is 2.86. The third-order valence-electron chi connectivity index (χ3n) is 4.85. The number of hydrogen-bond acceptors (Lipinski definition) is 5. The minimum atomic E-state index is -4.44. The van der Waals surface area contributed by atoms with E-state index in [0.717, 1.165) is 23.5 Å². The van der Waals surface area contributed by atoms with Crippen molar-refractivity contribution in [3.05, 3.63) is 74.2 Å². The summed E-state index contributed by atoms with van der Waals surface area (Å²) in [5.74, 6) is -1.49. The van der Waals surface area contributed by atoms with Gasteiger partial charge >= 0.3 is 12.1 Å². The average Bonchev–Trinajstić information content (AvgIpc) is 3.17. The number of carbonyl (C=O) groups is 2. The molecule has 3 rings (SSSR count). The molecule has 11 heteroatoms. The van der Waals surface area contributed by atoms with Gasteiger partial charge in [0.2, 0.25) is 0 Å². The molecule has 35 heavy (non-hydrogen) atoms. The van der Waals surface area contributed by atoms with Crippen LogP contribution in [0.1, 0.15) is 40.3 Å². The molecule has 0 aliphatic heterocycles. The minimum Gasteiger partial charge on any atom is -0.478 e. The van der Waals surface area contributed by atoms with Crippen molar-refractivity contribution < 1.29 is 32.6 Å². The second kappa shape index (κ2) is 10.0. The Morgan fingerprint density at radius 2 is 1.69 bits per heavy atom. The highest BCUT2D eigenvalue weighted by Gasteiger charge is 2.31. The molecular weight excluding hydrogens is 526 g/mol. The number of nitrogens with zero attached hydrogens (tertiary/aromatic N) is 1. The van der Waals surface area contributed by atoms with Gasteiger partial charge in [-0.2, -0.15) is 13.2 Å². The van der Waals surface area contributed by atoms with Gasteiger partial charge in [0.25, 0.3) is 0 Å². The van der Waals surface area contributed by atoms with Crippen LogP contribution in [0.25, 0.3) is 16.6 Å². The number of hydrogen-bond donors (Lipinski definition) is 1. The van der Waals surface area contributed by atoms with E-state index < -0.39 is 23.3 Å². The molecule has 2 aromatic carbocycles. The summed E-state index contributed by atoms with van der Waals surface area (Å²) in [5, 5.41) is 9.69. The zero-order chi connectivity index (χ0) is 26.1. The van der Waals surface area contributed by atoms with Gasteiger partial charge in [0, 0.05) is 5.56 Å². The van der Waals surface area contributed by atoms with Crippen LogP contribution in [0.2, 0.25) is 10.0 Å². The number of aryl methyl sites for hydroxylation is 1. The molecule has 0 unspecified atom stereocenters. The van der Waals surface area contributed by atoms with E-state index in [1.54, 1.807) is 6.92 Å². The van der Waals surface area contributed by atoms with Crippen LogP contribution in [0.15, 0.2) is 42.5 Å². The first kappa shape index (κ1) is 26.7. The highest BCUT2D eigenvalue weighted by Crippen LogP contribution is 2.37. The van der Waals surface area contributed by atoms with Gasteiger partial charge in [0.1, 0.15) is 15.8 Å². The van der Waals surface area contributed by atoms with Crippen LogP contribution in [-0.2, 0) is 11.0 Å².